The van der Waals surface area contributed by atoms with Crippen LogP contribution < -0.4 is 0 Å². The van der Waals surface area contributed by atoms with E-state index >= 15 is 0 Å². The maximum Gasteiger partial charge on any atom is 0.0802 e. The lowest BCUT2D eigenvalue weighted by atomic mass is 11.2. The molecule has 0 saturated heterocycles. The predicted octanol–water partition coefficient (Wildman–Crippen LogP) is 1.67. The molecular formula is C5H11NSi. The van der Waals surface area contributed by atoms with Crippen LogP contribution in [-0.2, 0) is 0 Å². The lowest BCUT2D eigenvalue weighted by Crippen LogP contribution is -2.15. The van der Waals surface area contributed by atoms with E-state index < -0.39 is 8.07 Å². The number of rotatable bonds is 1. The molecule has 0 fully saturated rings. The van der Waals surface area contributed by atoms with Crippen molar-refractivity contribution in [3.63, 3.8) is 0 Å². The topological polar surface area (TPSA) is 23.9 Å². The third-order valence-electron chi connectivity index (χ3n) is 0.505. The Morgan fingerprint density at radius 1 is 1.43 bits per heavy atom. The van der Waals surface area contributed by atoms with Gasteiger partial charge < -0.3 is 0 Å². The van der Waals surface area contributed by atoms with Gasteiger partial charge in [0.1, 0.15) is 0 Å². The van der Waals surface area contributed by atoms with Gasteiger partial charge in [0.15, 0.2) is 0 Å². The van der Waals surface area contributed by atoms with Gasteiger partial charge in [-0.1, -0.05) is 19.6 Å². The second-order valence-corrected chi connectivity index (χ2v) is 7.68. The summed E-state index contributed by atoms with van der Waals surface area (Å²) < 4.78 is 0. The molecule has 0 aliphatic heterocycles. The molecule has 0 unspecified atom stereocenters. The lowest BCUT2D eigenvalue weighted by molar-refractivity contribution is 1.59. The largest absolute Gasteiger partial charge is 0.259 e. The molecule has 0 saturated carbocycles. The van der Waals surface area contributed by atoms with Crippen LogP contribution in [0.1, 0.15) is 0 Å². The van der Waals surface area contributed by atoms with Gasteiger partial charge in [-0.05, 0) is 11.6 Å². The van der Waals surface area contributed by atoms with Crippen LogP contribution >= 0.6 is 0 Å². The van der Waals surface area contributed by atoms with Gasteiger partial charge in [-0.15, -0.1) is 0 Å². The van der Waals surface area contributed by atoms with E-state index in [1.54, 1.807) is 0 Å². The third-order valence-corrected chi connectivity index (χ3v) is 1.52. The first kappa shape index (κ1) is 6.67. The highest BCUT2D eigenvalue weighted by Crippen LogP contribution is 1.97. The second-order valence-electron chi connectivity index (χ2n) is 2.65. The van der Waals surface area contributed by atoms with E-state index in [9.17, 15) is 0 Å². The summed E-state index contributed by atoms with van der Waals surface area (Å²) in [5, 5.41) is 6.59. The van der Waals surface area contributed by atoms with E-state index in [0.29, 0.717) is 0 Å². The third kappa shape index (κ3) is 5.67. The van der Waals surface area contributed by atoms with Crippen LogP contribution in [0.2, 0.25) is 19.6 Å². The number of hydrogen-bond acceptors (Lipinski definition) is 1. The van der Waals surface area contributed by atoms with E-state index in [0.717, 1.165) is 0 Å². The first-order valence-electron chi connectivity index (χ1n) is 2.33. The molecule has 0 aromatic rings. The number of hydrogen-bond donors (Lipinski definition) is 1. The summed E-state index contributed by atoms with van der Waals surface area (Å²) in [6, 6.07) is 0. The summed E-state index contributed by atoms with van der Waals surface area (Å²) in [6.07, 6.45) is 0. The molecular weight excluding hydrogens is 102 g/mol. The first-order valence-corrected chi connectivity index (χ1v) is 5.90. The Kier molecular flexibility index (Phi) is 2.00. The van der Waals surface area contributed by atoms with Crippen molar-refractivity contribution in [3.05, 3.63) is 5.70 Å². The van der Waals surface area contributed by atoms with Crippen molar-refractivity contribution >= 4 is 13.9 Å². The molecule has 2 heteroatoms. The maximum atomic E-state index is 6.59. The van der Waals surface area contributed by atoms with Crippen LogP contribution in [0, 0.1) is 5.41 Å². The van der Waals surface area contributed by atoms with E-state index in [2.05, 4.69) is 25.5 Å². The van der Waals surface area contributed by atoms with E-state index in [1.165, 1.54) is 0 Å². The average molecular weight is 113 g/mol. The number of nitrogens with one attached hydrogen (secondary N) is 1. The summed E-state index contributed by atoms with van der Waals surface area (Å²) in [4.78, 5) is 0. The Morgan fingerprint density at radius 3 is 1.86 bits per heavy atom. The molecule has 1 N–H and O–H groups in total. The van der Waals surface area contributed by atoms with Crippen molar-refractivity contribution in [2.45, 2.75) is 19.6 Å². The highest BCUT2D eigenvalue weighted by Gasteiger charge is 2.05. The molecule has 0 atom stereocenters. The van der Waals surface area contributed by atoms with Crippen molar-refractivity contribution in [3.8, 4) is 0 Å². The van der Waals surface area contributed by atoms with Gasteiger partial charge >= 0.3 is 0 Å². The monoisotopic (exact) mass is 113 g/mol. The Morgan fingerprint density at radius 2 is 1.86 bits per heavy atom. The van der Waals surface area contributed by atoms with Crippen LogP contribution in [-0.4, -0.2) is 13.9 Å². The van der Waals surface area contributed by atoms with Crippen molar-refractivity contribution < 1.29 is 0 Å². The summed E-state index contributed by atoms with van der Waals surface area (Å²) >= 11 is 0. The molecule has 0 aromatic carbocycles. The Hall–Kier alpha value is -0.333. The average Bonchev–Trinajstić information content (AvgIpc) is 1.30. The minimum atomic E-state index is -1.08. The van der Waals surface area contributed by atoms with Crippen molar-refractivity contribution in [1.82, 2.24) is 0 Å². The maximum absolute atomic E-state index is 6.59. The molecule has 0 heterocycles. The van der Waals surface area contributed by atoms with Gasteiger partial charge in [-0.25, -0.2) is 0 Å². The lowest BCUT2D eigenvalue weighted by Gasteiger charge is -2.03. The fraction of sp³-hybridized carbons (Fsp3) is 0.600. The summed E-state index contributed by atoms with van der Waals surface area (Å²) in [5.74, 6) is 2.29. The molecule has 0 aliphatic rings. The summed E-state index contributed by atoms with van der Waals surface area (Å²) in [5.41, 5.74) is 1.87. The minimum Gasteiger partial charge on any atom is -0.259 e. The highest BCUT2D eigenvalue weighted by atomic mass is 28.3. The molecule has 7 heavy (non-hydrogen) atoms. The van der Waals surface area contributed by atoms with Gasteiger partial charge in [0.05, 0.1) is 8.07 Å². The highest BCUT2D eigenvalue weighted by molar-refractivity contribution is 6.82. The molecule has 0 bridgehead atoms. The zero-order chi connectivity index (χ0) is 5.91. The Labute approximate surface area is 45.6 Å². The first-order chi connectivity index (χ1) is 3.06. The normalized spacial score (nSPS) is 10.1. The molecule has 0 aromatic heterocycles. The molecule has 40 valence electrons. The van der Waals surface area contributed by atoms with Crippen LogP contribution in [0.25, 0.3) is 0 Å². The Balaban J connectivity index is 3.80. The van der Waals surface area contributed by atoms with Crippen molar-refractivity contribution in [2.24, 2.45) is 0 Å². The fourth-order valence-corrected chi connectivity index (χ4v) is 0.650. The molecule has 0 radical (unpaired) electrons. The van der Waals surface area contributed by atoms with Gasteiger partial charge in [0, 0.05) is 0 Å². The minimum absolute atomic E-state index is 1.08. The smallest absolute Gasteiger partial charge is 0.0802 e. The molecule has 0 spiro atoms. The van der Waals surface area contributed by atoms with Gasteiger partial charge in [0.2, 0.25) is 0 Å². The molecule has 1 nitrogen and oxygen atoms in total. The van der Waals surface area contributed by atoms with Crippen LogP contribution in [0.3, 0.4) is 0 Å². The summed E-state index contributed by atoms with van der Waals surface area (Å²) in [7, 11) is -1.08. The zero-order valence-electron chi connectivity index (χ0n) is 5.08. The van der Waals surface area contributed by atoms with Crippen LogP contribution in [0.4, 0.5) is 0 Å². The van der Waals surface area contributed by atoms with Gasteiger partial charge in [-0.2, -0.15) is 0 Å². The van der Waals surface area contributed by atoms with E-state index in [1.807, 2.05) is 5.70 Å². The predicted molar refractivity (Wildman–Crippen MR) is 35.6 cm³/mol. The van der Waals surface area contributed by atoms with Crippen molar-refractivity contribution in [1.29, 1.82) is 5.41 Å². The van der Waals surface area contributed by atoms with E-state index in [-0.39, 0.29) is 0 Å². The van der Waals surface area contributed by atoms with Gasteiger partial charge in [0.25, 0.3) is 0 Å². The van der Waals surface area contributed by atoms with E-state index in [4.69, 9.17) is 5.41 Å². The molecule has 0 aliphatic carbocycles. The molecule has 0 rings (SSSR count). The zero-order valence-corrected chi connectivity index (χ0v) is 6.08. The summed E-state index contributed by atoms with van der Waals surface area (Å²) in [6.45, 7) is 6.53. The second kappa shape index (κ2) is 2.10. The van der Waals surface area contributed by atoms with Gasteiger partial charge in [-0.3, -0.25) is 5.41 Å². The SMILES string of the molecule is C[Si](C)(C)C=C=N. The van der Waals surface area contributed by atoms with Crippen LogP contribution in [0.15, 0.2) is 5.70 Å². The Bertz CT molecular complexity index is 95.1. The fourth-order valence-electron chi connectivity index (χ4n) is 0.217. The standard InChI is InChI=1S/C5H11NSi/c1-7(2,3)5-4-6/h5-6H,1-3H3. The van der Waals surface area contributed by atoms with Crippen molar-refractivity contribution in [2.75, 3.05) is 0 Å². The quantitative estimate of drug-likeness (QED) is 0.395. The molecule has 0 amide bonds. The van der Waals surface area contributed by atoms with Crippen LogP contribution in [0.5, 0.6) is 0 Å².